The molecule has 6 heteroatoms. The van der Waals surface area contributed by atoms with E-state index < -0.39 is 5.97 Å². The second-order valence-corrected chi connectivity index (χ2v) is 5.81. The molecule has 0 bridgehead atoms. The third kappa shape index (κ3) is 2.38. The largest absolute Gasteiger partial charge is 0.481 e. The summed E-state index contributed by atoms with van der Waals surface area (Å²) in [6.45, 7) is 0.636. The molecule has 1 N–H and O–H groups in total. The van der Waals surface area contributed by atoms with E-state index in [-0.39, 0.29) is 18.4 Å². The fourth-order valence-electron chi connectivity index (χ4n) is 2.67. The van der Waals surface area contributed by atoms with Gasteiger partial charge < -0.3 is 10.0 Å². The number of thiazole rings is 1. The van der Waals surface area contributed by atoms with Crippen molar-refractivity contribution in [2.75, 3.05) is 6.54 Å². The Morgan fingerprint density at radius 1 is 1.45 bits per heavy atom. The van der Waals surface area contributed by atoms with Crippen molar-refractivity contribution in [1.29, 1.82) is 0 Å². The van der Waals surface area contributed by atoms with Crippen LogP contribution in [0.2, 0.25) is 0 Å². The molecule has 20 heavy (non-hydrogen) atoms. The molecule has 3 rings (SSSR count). The number of rotatable bonds is 3. The van der Waals surface area contributed by atoms with Crippen molar-refractivity contribution < 1.29 is 14.7 Å². The molecule has 1 aliphatic rings. The van der Waals surface area contributed by atoms with E-state index >= 15 is 0 Å². The summed E-state index contributed by atoms with van der Waals surface area (Å²) in [6.07, 6.45) is 1.65. The minimum Gasteiger partial charge on any atom is -0.481 e. The van der Waals surface area contributed by atoms with Crippen molar-refractivity contribution in [3.63, 3.8) is 0 Å². The lowest BCUT2D eigenvalue weighted by atomic mass is 10.1. The van der Waals surface area contributed by atoms with E-state index in [9.17, 15) is 9.59 Å². The Balaban J connectivity index is 1.85. The molecule has 1 amide bonds. The van der Waals surface area contributed by atoms with Crippen LogP contribution >= 0.6 is 11.3 Å². The minimum absolute atomic E-state index is 0.0224. The lowest BCUT2D eigenvalue weighted by Gasteiger charge is -2.23. The number of hydrogen-bond donors (Lipinski definition) is 1. The summed E-state index contributed by atoms with van der Waals surface area (Å²) in [5.74, 6) is -0.934. The Morgan fingerprint density at radius 3 is 3.10 bits per heavy atom. The zero-order valence-electron chi connectivity index (χ0n) is 10.8. The number of carbonyl (C=O) groups excluding carboxylic acids is 1. The van der Waals surface area contributed by atoms with E-state index in [0.717, 1.165) is 23.1 Å². The van der Waals surface area contributed by atoms with Crippen LogP contribution in [0.15, 0.2) is 23.7 Å². The predicted molar refractivity (Wildman–Crippen MR) is 75.9 cm³/mol. The smallest absolute Gasteiger partial charge is 0.305 e. The summed E-state index contributed by atoms with van der Waals surface area (Å²) >= 11 is 1.50. The van der Waals surface area contributed by atoms with Crippen LogP contribution in [0.25, 0.3) is 10.2 Å². The number of carbonyl (C=O) groups is 2. The first-order chi connectivity index (χ1) is 9.65. The van der Waals surface area contributed by atoms with E-state index in [1.165, 1.54) is 11.3 Å². The Labute approximate surface area is 119 Å². The van der Waals surface area contributed by atoms with Crippen molar-refractivity contribution in [3.05, 3.63) is 29.3 Å². The predicted octanol–water partition coefficient (Wildman–Crippen LogP) is 2.38. The van der Waals surface area contributed by atoms with Gasteiger partial charge in [-0.1, -0.05) is 0 Å². The van der Waals surface area contributed by atoms with Crippen molar-refractivity contribution in [2.24, 2.45) is 0 Å². The number of nitrogens with zero attached hydrogens (tertiary/aromatic N) is 2. The van der Waals surface area contributed by atoms with Crippen LogP contribution in [0, 0.1) is 0 Å². The van der Waals surface area contributed by atoms with Crippen molar-refractivity contribution in [2.45, 2.75) is 25.3 Å². The van der Waals surface area contributed by atoms with Gasteiger partial charge in [-0.15, -0.1) is 11.3 Å². The normalized spacial score (nSPS) is 18.6. The lowest BCUT2D eigenvalue weighted by Crippen LogP contribution is -2.36. The third-order valence-corrected chi connectivity index (χ3v) is 4.42. The van der Waals surface area contributed by atoms with Gasteiger partial charge in [-0.2, -0.15) is 0 Å². The molecule has 1 atom stereocenters. The molecule has 1 fully saturated rings. The number of aromatic nitrogens is 1. The van der Waals surface area contributed by atoms with Gasteiger partial charge in [0.1, 0.15) is 0 Å². The SMILES string of the molecule is O=C(O)CC1CCCN1C(=O)c1ccc2ncsc2c1. The number of likely N-dealkylation sites (tertiary alicyclic amines) is 1. The van der Waals surface area contributed by atoms with E-state index in [4.69, 9.17) is 5.11 Å². The maximum Gasteiger partial charge on any atom is 0.305 e. The highest BCUT2D eigenvalue weighted by molar-refractivity contribution is 7.16. The lowest BCUT2D eigenvalue weighted by molar-refractivity contribution is -0.137. The molecule has 0 saturated carbocycles. The Hall–Kier alpha value is -1.95. The number of benzene rings is 1. The summed E-state index contributed by atoms with van der Waals surface area (Å²) in [5, 5.41) is 8.91. The summed E-state index contributed by atoms with van der Waals surface area (Å²) < 4.78 is 0.977. The number of aliphatic carboxylic acids is 1. The van der Waals surface area contributed by atoms with Gasteiger partial charge in [-0.3, -0.25) is 9.59 Å². The fourth-order valence-corrected chi connectivity index (χ4v) is 3.39. The highest BCUT2D eigenvalue weighted by Gasteiger charge is 2.30. The van der Waals surface area contributed by atoms with Crippen LogP contribution in [0.4, 0.5) is 0 Å². The number of carboxylic acid groups (broad SMARTS) is 1. The van der Waals surface area contributed by atoms with Crippen LogP contribution in [-0.2, 0) is 4.79 Å². The standard InChI is InChI=1S/C14H14N2O3S/c17-13(18)7-10-2-1-5-16(10)14(19)9-3-4-11-12(6-9)20-8-15-11/h3-4,6,8,10H,1-2,5,7H2,(H,17,18). The monoisotopic (exact) mass is 290 g/mol. The van der Waals surface area contributed by atoms with Gasteiger partial charge in [0, 0.05) is 18.2 Å². The number of carboxylic acids is 1. The molecule has 1 aliphatic heterocycles. The molecule has 1 saturated heterocycles. The molecular formula is C14H14N2O3S. The van der Waals surface area contributed by atoms with Gasteiger partial charge in [-0.25, -0.2) is 4.98 Å². The third-order valence-electron chi connectivity index (χ3n) is 3.63. The Bertz CT molecular complexity index is 667. The minimum atomic E-state index is -0.854. The maximum absolute atomic E-state index is 12.5. The summed E-state index contributed by atoms with van der Waals surface area (Å²) in [5.41, 5.74) is 3.25. The van der Waals surface area contributed by atoms with Gasteiger partial charge in [-0.05, 0) is 31.0 Å². The zero-order chi connectivity index (χ0) is 14.1. The molecule has 0 radical (unpaired) electrons. The first-order valence-corrected chi connectivity index (χ1v) is 7.39. The molecule has 2 heterocycles. The highest BCUT2D eigenvalue weighted by Crippen LogP contribution is 2.25. The van der Waals surface area contributed by atoms with Crippen LogP contribution in [0.1, 0.15) is 29.6 Å². The molecule has 1 unspecified atom stereocenters. The van der Waals surface area contributed by atoms with E-state index in [1.807, 2.05) is 12.1 Å². The average Bonchev–Trinajstić information content (AvgIpc) is 3.04. The van der Waals surface area contributed by atoms with Gasteiger partial charge in [0.05, 0.1) is 22.1 Å². The van der Waals surface area contributed by atoms with E-state index in [2.05, 4.69) is 4.98 Å². The van der Waals surface area contributed by atoms with E-state index in [1.54, 1.807) is 16.5 Å². The summed E-state index contributed by atoms with van der Waals surface area (Å²) in [4.78, 5) is 29.3. The van der Waals surface area contributed by atoms with Crippen LogP contribution in [-0.4, -0.2) is 39.5 Å². The second kappa shape index (κ2) is 5.20. The van der Waals surface area contributed by atoms with Gasteiger partial charge in [0.25, 0.3) is 5.91 Å². The molecule has 0 aliphatic carbocycles. The molecule has 104 valence electrons. The van der Waals surface area contributed by atoms with Crippen molar-refractivity contribution >= 4 is 33.4 Å². The number of amides is 1. The Kier molecular flexibility index (Phi) is 3.40. The topological polar surface area (TPSA) is 70.5 Å². The van der Waals surface area contributed by atoms with E-state index in [0.29, 0.717) is 12.1 Å². The summed E-state index contributed by atoms with van der Waals surface area (Å²) in [7, 11) is 0. The van der Waals surface area contributed by atoms with Crippen LogP contribution in [0.5, 0.6) is 0 Å². The van der Waals surface area contributed by atoms with Crippen LogP contribution in [0.3, 0.4) is 0 Å². The molecule has 5 nitrogen and oxygen atoms in total. The van der Waals surface area contributed by atoms with Gasteiger partial charge in [0.2, 0.25) is 0 Å². The maximum atomic E-state index is 12.5. The second-order valence-electron chi connectivity index (χ2n) is 4.93. The molecular weight excluding hydrogens is 276 g/mol. The molecule has 1 aromatic heterocycles. The van der Waals surface area contributed by atoms with Gasteiger partial charge >= 0.3 is 5.97 Å². The van der Waals surface area contributed by atoms with Crippen molar-refractivity contribution in [3.8, 4) is 0 Å². The number of hydrogen-bond acceptors (Lipinski definition) is 4. The fraction of sp³-hybridized carbons (Fsp3) is 0.357. The van der Waals surface area contributed by atoms with Crippen molar-refractivity contribution in [1.82, 2.24) is 9.88 Å². The molecule has 0 spiro atoms. The number of fused-ring (bicyclic) bond motifs is 1. The van der Waals surface area contributed by atoms with Gasteiger partial charge in [0.15, 0.2) is 0 Å². The highest BCUT2D eigenvalue weighted by atomic mass is 32.1. The Morgan fingerprint density at radius 2 is 2.30 bits per heavy atom. The molecule has 1 aromatic carbocycles. The average molecular weight is 290 g/mol. The quantitative estimate of drug-likeness (QED) is 0.942. The summed E-state index contributed by atoms with van der Waals surface area (Å²) in [6, 6.07) is 5.25. The van der Waals surface area contributed by atoms with Crippen LogP contribution < -0.4 is 0 Å². The zero-order valence-corrected chi connectivity index (χ0v) is 11.6. The molecule has 2 aromatic rings. The first kappa shape index (κ1) is 13.1. The first-order valence-electron chi connectivity index (χ1n) is 6.51.